The summed E-state index contributed by atoms with van der Waals surface area (Å²) in [5, 5.41) is 22.7. The standard InChI is InChI=1S/5C24H36O5/c5*1-5-15(3)24(27)29-21-11-14(2)10-17-7-6-16(4)20(23(17)21)9-8-19-12-18(25)13-22(26)28-19/h5*6-7,10,14-16,18-21,23,25H,5,8-9,11-13H2,1-4H3/t3*14-,15-,16-,18+,19?,20-,21?,23-;2*14-,15-,16-,18+,19?,20-,21-,23-/m00000/s1/i1D3,2D3,3D3,5D2,6D,7D,10D,11D2,14D,16D,25D;1D3,2D3,5D2,6D,7D,10D,11D2,14D,16D,25D;2D3,3D3,6D,7D,10D,11D2,14D,16D,25D;2D3,6D,7D,10D,11D2,14D,15D,16D,25D;2D3,6D,7D,10D,11D2,14D,16D,25D. The first-order valence-electron chi connectivity index (χ1n) is 84.6. The van der Waals surface area contributed by atoms with Gasteiger partial charge in [0.25, 0.3) is 0 Å². The van der Waals surface area contributed by atoms with Crippen molar-refractivity contribution in [1.29, 1.82) is 7.16 Å². The predicted molar refractivity (Wildman–Crippen MR) is 554 cm³/mol. The number of fused-ring (bicyclic) bond motifs is 5. The molecule has 10 aliphatic carbocycles. The Balaban J connectivity index is 0.000000248. The van der Waals surface area contributed by atoms with Gasteiger partial charge in [-0.05, 0) is 244 Å². The van der Waals surface area contributed by atoms with Gasteiger partial charge in [-0.15, -0.1) is 0 Å². The van der Waals surface area contributed by atoms with Crippen LogP contribution in [0, 0.1) is 148 Å². The molecule has 0 amide bonds. The van der Waals surface area contributed by atoms with Gasteiger partial charge in [0.1, 0.15) is 61.0 Å². The number of aliphatic hydroxyl groups excluding tert-OH is 5. The van der Waals surface area contributed by atoms with Gasteiger partial charge in [-0.1, -0.05) is 229 Å². The van der Waals surface area contributed by atoms with Crippen molar-refractivity contribution in [3.8, 4) is 0 Å². The van der Waals surface area contributed by atoms with E-state index in [0.717, 1.165) is 13.8 Å². The number of hydrogen-bond acceptors (Lipinski definition) is 25. The van der Waals surface area contributed by atoms with Crippen molar-refractivity contribution in [2.75, 3.05) is 0 Å². The highest BCUT2D eigenvalue weighted by Gasteiger charge is 2.50. The molecule has 5 fully saturated rings. The largest absolute Gasteiger partial charge is 0.462 e. The molecular weight excluding hydrogens is 1840 g/mol. The Kier molecular flexibility index (Phi) is 20.0. The molecule has 8 unspecified atom stereocenters. The second-order valence-electron chi connectivity index (χ2n) is 38.5. The molecule has 0 radical (unpaired) electrons. The second-order valence-corrected chi connectivity index (χ2v) is 38.5. The Morgan fingerprint density at radius 3 is 0.807 bits per heavy atom. The number of esters is 10. The summed E-state index contributed by atoms with van der Waals surface area (Å²) >= 11 is 0. The Bertz CT molecular complexity index is 8110. The normalized spacial score (nSPS) is 54.1. The van der Waals surface area contributed by atoms with E-state index in [0.29, 0.717) is 6.42 Å². The van der Waals surface area contributed by atoms with Crippen LogP contribution in [0.2, 0.25) is 0 Å². The third kappa shape index (κ3) is 33.0. The third-order valence-corrected chi connectivity index (χ3v) is 27.8. The maximum absolute atomic E-state index is 13.6. The smallest absolute Gasteiger partial charge is 0.308 e. The summed E-state index contributed by atoms with van der Waals surface area (Å²) in [5.74, 6) is -61.4. The van der Waals surface area contributed by atoms with Crippen LogP contribution >= 0.6 is 0 Å². The quantitative estimate of drug-likeness (QED) is 0.0291. The second kappa shape index (κ2) is 55.1. The molecule has 810 valence electrons. The summed E-state index contributed by atoms with van der Waals surface area (Å²) in [5.41, 5.74) is -2.80. The van der Waals surface area contributed by atoms with Crippen LogP contribution in [0.3, 0.4) is 0 Å². The van der Waals surface area contributed by atoms with Crippen LogP contribution in [-0.2, 0) is 95.3 Å². The van der Waals surface area contributed by atoms with Gasteiger partial charge < -0.3 is 72.9 Å². The summed E-state index contributed by atoms with van der Waals surface area (Å²) in [6, 6.07) is -12.9. The van der Waals surface area contributed by atoms with Crippen LogP contribution in [0.4, 0.5) is 0 Å². The monoisotopic (exact) mass is 2090 g/mol. The van der Waals surface area contributed by atoms with E-state index in [-0.39, 0.29) is 141 Å². The number of carbonyl (C=O) groups excluding carboxylic acids is 10. The van der Waals surface area contributed by atoms with Crippen molar-refractivity contribution in [2.45, 2.75) is 422 Å². The molecule has 15 aliphatic rings. The van der Waals surface area contributed by atoms with Crippen molar-refractivity contribution in [3.63, 3.8) is 0 Å². The summed E-state index contributed by atoms with van der Waals surface area (Å²) in [7, 11) is 0. The topological polar surface area (TPSA) is 364 Å². The van der Waals surface area contributed by atoms with Crippen LogP contribution in [-0.4, -0.2) is 184 Å². The molecule has 25 heteroatoms. The van der Waals surface area contributed by atoms with E-state index < -0.39 is 524 Å². The average Bonchev–Trinajstić information content (AvgIpc) is 0.684. The lowest BCUT2D eigenvalue weighted by molar-refractivity contribution is -0.162. The molecule has 145 heavy (non-hydrogen) atoms. The fourth-order valence-corrected chi connectivity index (χ4v) is 19.6. The van der Waals surface area contributed by atoms with E-state index in [1.807, 2.05) is 0 Å². The number of allylic oxidation sites excluding steroid dienone is 15. The first-order chi connectivity index (χ1) is 97.9. The van der Waals surface area contributed by atoms with Crippen molar-refractivity contribution < 1.29 is 213 Å². The third-order valence-electron chi connectivity index (χ3n) is 27.8. The maximum Gasteiger partial charge on any atom is 0.308 e. The minimum absolute atomic E-state index is 0.00965. The molecule has 5 heterocycles. The Hall–Kier alpha value is -8.10. The van der Waals surface area contributed by atoms with E-state index in [9.17, 15) is 47.9 Å². The number of cyclic esters (lactones) is 5. The molecule has 40 atom stereocenters. The van der Waals surface area contributed by atoms with Gasteiger partial charge in [0.05, 0.1) is 113 Å². The molecule has 0 aromatic heterocycles. The molecule has 0 aromatic carbocycles. The van der Waals surface area contributed by atoms with Gasteiger partial charge in [0.15, 0.2) is 0 Å². The first kappa shape index (κ1) is 52.8. The van der Waals surface area contributed by atoms with Crippen molar-refractivity contribution >= 4 is 59.7 Å². The minimum atomic E-state index is -3.82. The highest BCUT2D eigenvalue weighted by atomic mass is 16.6. The van der Waals surface area contributed by atoms with Crippen LogP contribution < -0.4 is 0 Å². The molecule has 15 rings (SSSR count). The minimum Gasteiger partial charge on any atom is -0.462 e. The van der Waals surface area contributed by atoms with Crippen molar-refractivity contribution in [3.05, 3.63) is 119 Å². The Labute approximate surface area is 967 Å². The molecule has 0 spiro atoms. The summed E-state index contributed by atoms with van der Waals surface area (Å²) in [4.78, 5) is 127. The van der Waals surface area contributed by atoms with E-state index >= 15 is 0 Å². The SMILES string of the molecule is [2H]O[C@H]1CC(=O)OC(CC[C@@H]2[C@@H]3C(=C([2H])[C@]([2H])(C([2H])([2H])[2H])C([2H])([2H])C3OC(=O)[C@@H](C([2H])([2H])[2H])C([2H])([2H])C([2H])([2H])[2H])C([2H])=C([2H])[C@]2([2H])C)C1.[2H]O[C@H]1CC(=O)OC(CC[C@@H]2[C@@H]3C(=C([2H])[C@]([2H])(C([2H])([2H])[2H])C([2H])([2H])C3OC(=O)[C@@H](C)C([2H])([2H])C([2H])([2H])[2H])C([2H])=C([2H])[C@]2([2H])C)C1.[2H]O[C@H]1CC(=O)OC(CC[C@@H]2[C@@H]3C(=C([2H])[C@]([2H])(C([2H])([2H])[2H])C([2H])([2H])C3OC(=O)[C@H](CC)C([2H])([2H])[2H])C([2H])=C([2H])[C@]2([2H])C)C1.[2H]O[C@H]1CC(=O)OC(CC[C@@H]2[C@@H]3C(=C([2H])[C@]([2H])(C([2H])([2H])[2H])C([2H])([2H])[C@@H]3OC(=O)[C@@H](C)CC)C([2H])=C([2H])[C@]2([2H])C)C1.[2H]O[C@H]1CC(=O)OC(CC[C@@H]2[C@@H]3C(=C([2H])[C@]([2H])(C([2H])([2H])[2H])C([2H])([2H])[C@@H]3OC(=O)[C@@]([2H])(C)CC)C([2H])=C([2H])[C@]2([2H])C)C1. The zero-order chi connectivity index (χ0) is 167. The lowest BCUT2D eigenvalue weighted by atomic mass is 9.65. The van der Waals surface area contributed by atoms with E-state index in [1.165, 1.54) is 55.4 Å². The van der Waals surface area contributed by atoms with Crippen LogP contribution in [0.25, 0.3) is 0 Å². The number of aliphatic hydroxyl groups is 5. The summed E-state index contributed by atoms with van der Waals surface area (Å²) in [6.45, 7) is -16.9. The Morgan fingerprint density at radius 2 is 0.586 bits per heavy atom. The van der Waals surface area contributed by atoms with Gasteiger partial charge in [-0.25, -0.2) is 0 Å². The summed E-state index contributed by atoms with van der Waals surface area (Å²) < 4.78 is 650. The molecule has 0 aromatic rings. The van der Waals surface area contributed by atoms with Gasteiger partial charge in [-0.3, -0.25) is 47.9 Å². The maximum atomic E-state index is 13.6. The number of carbonyl (C=O) groups is 10. The van der Waals surface area contributed by atoms with Crippen molar-refractivity contribution in [1.82, 2.24) is 0 Å². The van der Waals surface area contributed by atoms with Crippen LogP contribution in [0.15, 0.2) is 119 Å². The molecule has 5 aliphatic heterocycles. The fraction of sp³-hybridized carbons (Fsp3) is 0.750. The van der Waals surface area contributed by atoms with E-state index in [2.05, 4.69) is 25.5 Å². The molecular formula is C120H180O25. The number of rotatable bonds is 35. The zero-order valence-corrected chi connectivity index (χ0v) is 82.7. The molecule has 0 bridgehead atoms. The van der Waals surface area contributed by atoms with Crippen molar-refractivity contribution in [2.24, 2.45) is 148 Å². The lowest BCUT2D eigenvalue weighted by Crippen LogP contribution is -2.42. The number of hydrogen-bond donors (Lipinski definition) is 5. The Morgan fingerprint density at radius 1 is 0.359 bits per heavy atom. The zero-order valence-electron chi connectivity index (χ0n) is 155. The van der Waals surface area contributed by atoms with E-state index in [1.54, 1.807) is 6.92 Å². The average molecular weight is 2100 g/mol. The summed E-state index contributed by atoms with van der Waals surface area (Å²) in [6.07, 6.45) is -44.2. The van der Waals surface area contributed by atoms with Gasteiger partial charge in [0, 0.05) is 133 Å². The molecule has 5 saturated heterocycles. The van der Waals surface area contributed by atoms with Gasteiger partial charge in [0.2, 0.25) is 7.16 Å². The fourth-order valence-electron chi connectivity index (χ4n) is 19.6. The van der Waals surface area contributed by atoms with Crippen LogP contribution in [0.5, 0.6) is 0 Å². The molecule has 0 saturated carbocycles. The highest BCUT2D eigenvalue weighted by Crippen LogP contribution is 2.53. The van der Waals surface area contributed by atoms with E-state index in [4.69, 9.17) is 146 Å². The first-order valence-corrected chi connectivity index (χ1v) is 49.0. The lowest BCUT2D eigenvalue weighted by Gasteiger charge is -2.43. The number of ether oxygens (including phenoxy) is 10. The van der Waals surface area contributed by atoms with Gasteiger partial charge in [-0.2, -0.15) is 0 Å². The van der Waals surface area contributed by atoms with Gasteiger partial charge >= 0.3 is 59.7 Å². The highest BCUT2D eigenvalue weighted by molar-refractivity contribution is 5.76. The molecule has 25 nitrogen and oxygen atoms in total. The van der Waals surface area contributed by atoms with Crippen LogP contribution in [0.1, 0.15) is 422 Å². The molecule has 5 N–H and O–H groups in total. The predicted octanol–water partition coefficient (Wildman–Crippen LogP) is 21.0.